The summed E-state index contributed by atoms with van der Waals surface area (Å²) >= 11 is 0. The summed E-state index contributed by atoms with van der Waals surface area (Å²) in [6, 6.07) is 1.18. The van der Waals surface area contributed by atoms with Gasteiger partial charge in [0.15, 0.2) is 6.23 Å². The fourth-order valence-electron chi connectivity index (χ4n) is 2.18. The van der Waals surface area contributed by atoms with Crippen molar-refractivity contribution in [3.8, 4) is 0 Å². The fourth-order valence-corrected chi connectivity index (χ4v) is 5.14. The summed E-state index contributed by atoms with van der Waals surface area (Å²) in [5.41, 5.74) is 4.36. The van der Waals surface area contributed by atoms with Crippen molar-refractivity contribution < 1.29 is 61.4 Å². The molecule has 1 saturated heterocycles. The minimum atomic E-state index is -5.84. The zero-order valence-corrected chi connectivity index (χ0v) is 16.5. The second kappa shape index (κ2) is 8.61. The number of aromatic nitrogens is 2. The predicted molar refractivity (Wildman–Crippen MR) is 84.2 cm³/mol. The molecule has 1 fully saturated rings. The highest BCUT2D eigenvalue weighted by Crippen LogP contribution is 2.63. The summed E-state index contributed by atoms with van der Waals surface area (Å²) in [6.45, 7) is -1.10. The lowest BCUT2D eigenvalue weighted by Crippen LogP contribution is -2.36. The van der Waals surface area contributed by atoms with Crippen LogP contribution in [-0.4, -0.2) is 54.5 Å². The highest BCUT2D eigenvalue weighted by atomic mass is 31.3. The molecule has 1 aliphatic rings. The summed E-state index contributed by atoms with van der Waals surface area (Å²) in [4.78, 5) is 54.4. The van der Waals surface area contributed by atoms with Gasteiger partial charge in [-0.1, -0.05) is 0 Å². The Morgan fingerprint density at radius 3 is 2.38 bits per heavy atom. The van der Waals surface area contributed by atoms with Crippen LogP contribution in [0.4, 0.5) is 5.82 Å². The molecule has 20 heteroatoms. The topological polar surface area (TPSA) is 276 Å². The van der Waals surface area contributed by atoms with Crippen LogP contribution in [0.1, 0.15) is 6.23 Å². The Balaban J connectivity index is 2.05. The van der Waals surface area contributed by atoms with Crippen LogP contribution in [0, 0.1) is 0 Å². The first-order valence-electron chi connectivity index (χ1n) is 7.21. The summed E-state index contributed by atoms with van der Waals surface area (Å²) in [6.07, 6.45) is -5.55. The number of hydrogen-bond acceptors (Lipinski definition) is 14. The van der Waals surface area contributed by atoms with Crippen molar-refractivity contribution >= 4 is 29.3 Å². The number of phosphoric ester groups is 1. The molecule has 1 aromatic heterocycles. The van der Waals surface area contributed by atoms with Crippen LogP contribution in [0.25, 0.3) is 0 Å². The van der Waals surface area contributed by atoms with Gasteiger partial charge in [0.2, 0.25) is 0 Å². The molecule has 17 nitrogen and oxygen atoms in total. The van der Waals surface area contributed by atoms with Crippen molar-refractivity contribution in [1.82, 2.24) is 9.55 Å². The standard InChI is InChI=1S/C9H16N3O14P3/c10-5-1-2-12(9(15)11-5)8-7(14)6(13)4(24-8)3-23-28(19,20)26-29(21,22)25-27(16,17)18/h1-2,4,6-8,13-14H,3H2,(H,19,20)(H,21,22)(H2,10,11,15)(H2,16,17,18)/p-2. The summed E-state index contributed by atoms with van der Waals surface area (Å²) in [7, 11) is -17.4. The molecule has 0 aromatic carbocycles. The summed E-state index contributed by atoms with van der Waals surface area (Å²) in [5, 5.41) is 19.9. The summed E-state index contributed by atoms with van der Waals surface area (Å²) < 4.78 is 49.9. The molecule has 0 bridgehead atoms. The number of rotatable bonds is 8. The first kappa shape index (κ1) is 24.2. The molecule has 0 spiro atoms. The van der Waals surface area contributed by atoms with Gasteiger partial charge < -0.3 is 44.8 Å². The Morgan fingerprint density at radius 1 is 1.21 bits per heavy atom. The molecule has 29 heavy (non-hydrogen) atoms. The number of ether oxygens (including phenoxy) is 1. The minimum absolute atomic E-state index is 0.134. The van der Waals surface area contributed by atoms with Crippen molar-refractivity contribution in [2.45, 2.75) is 24.5 Å². The third kappa shape index (κ3) is 6.73. The Labute approximate surface area is 160 Å². The molecule has 0 saturated carbocycles. The van der Waals surface area contributed by atoms with Gasteiger partial charge in [0.05, 0.1) is 6.61 Å². The minimum Gasteiger partial charge on any atom is -0.756 e. The number of phosphoric acid groups is 3. The maximum atomic E-state index is 11.8. The lowest BCUT2D eigenvalue weighted by molar-refractivity contribution is -0.222. The average molecular weight is 481 g/mol. The molecule has 7 unspecified atom stereocenters. The lowest BCUT2D eigenvalue weighted by atomic mass is 10.1. The molecule has 0 amide bonds. The number of anilines is 1. The van der Waals surface area contributed by atoms with Crippen LogP contribution < -0.4 is 21.2 Å². The molecule has 0 radical (unpaired) electrons. The Morgan fingerprint density at radius 2 is 1.83 bits per heavy atom. The normalized spacial score (nSPS) is 31.0. The van der Waals surface area contributed by atoms with E-state index in [1.54, 1.807) is 0 Å². The van der Waals surface area contributed by atoms with Gasteiger partial charge in [-0.05, 0) is 6.07 Å². The molecular weight excluding hydrogens is 467 g/mol. The highest BCUT2D eigenvalue weighted by molar-refractivity contribution is 7.65. The molecule has 166 valence electrons. The van der Waals surface area contributed by atoms with Gasteiger partial charge in [0.1, 0.15) is 24.1 Å². The van der Waals surface area contributed by atoms with E-state index in [2.05, 4.69) is 18.1 Å². The molecular formula is C9H14N3O14P3-2. The van der Waals surface area contributed by atoms with Gasteiger partial charge in [-0.2, -0.15) is 4.98 Å². The van der Waals surface area contributed by atoms with Crippen molar-refractivity contribution in [3.63, 3.8) is 0 Å². The number of hydrogen-bond donors (Lipinski definition) is 5. The number of nitrogens with zero attached hydrogens (tertiary/aromatic N) is 2. The predicted octanol–water partition coefficient (Wildman–Crippen LogP) is -3.48. The molecule has 6 N–H and O–H groups in total. The Kier molecular flexibility index (Phi) is 7.20. The number of nitrogen functional groups attached to an aromatic ring is 1. The van der Waals surface area contributed by atoms with Crippen LogP contribution in [-0.2, 0) is 31.6 Å². The zero-order valence-electron chi connectivity index (χ0n) is 13.9. The fraction of sp³-hybridized carbons (Fsp3) is 0.556. The van der Waals surface area contributed by atoms with Gasteiger partial charge in [0.25, 0.3) is 15.6 Å². The number of aliphatic hydroxyl groups is 2. The second-order valence-corrected chi connectivity index (χ2v) is 9.77. The van der Waals surface area contributed by atoms with E-state index < -0.39 is 60.3 Å². The highest BCUT2D eigenvalue weighted by Gasteiger charge is 2.45. The van der Waals surface area contributed by atoms with Crippen molar-refractivity contribution in [2.24, 2.45) is 0 Å². The molecule has 0 aliphatic carbocycles. The number of nitrogens with two attached hydrogens (primary N) is 1. The lowest BCUT2D eigenvalue weighted by Gasteiger charge is -2.27. The molecule has 1 aromatic rings. The summed E-state index contributed by atoms with van der Waals surface area (Å²) in [5.74, 6) is -0.134. The van der Waals surface area contributed by atoms with Crippen molar-refractivity contribution in [3.05, 3.63) is 22.7 Å². The quantitative estimate of drug-likeness (QED) is 0.225. The molecule has 2 heterocycles. The van der Waals surface area contributed by atoms with E-state index in [4.69, 9.17) is 20.3 Å². The maximum absolute atomic E-state index is 11.8. The second-order valence-electron chi connectivity index (χ2n) is 5.43. The van der Waals surface area contributed by atoms with Gasteiger partial charge in [0, 0.05) is 6.20 Å². The van der Waals surface area contributed by atoms with Crippen molar-refractivity contribution in [1.29, 1.82) is 0 Å². The van der Waals surface area contributed by atoms with Gasteiger partial charge in [-0.25, -0.2) is 18.0 Å². The van der Waals surface area contributed by atoms with E-state index in [1.807, 2.05) is 0 Å². The van der Waals surface area contributed by atoms with Gasteiger partial charge in [-0.3, -0.25) is 13.7 Å². The van der Waals surface area contributed by atoms with Crippen LogP contribution in [0.5, 0.6) is 0 Å². The first-order chi connectivity index (χ1) is 13.1. The van der Waals surface area contributed by atoms with Gasteiger partial charge in [-0.15, -0.1) is 0 Å². The Bertz CT molecular complexity index is 946. The first-order valence-corrected chi connectivity index (χ1v) is 11.7. The molecule has 1 aliphatic heterocycles. The largest absolute Gasteiger partial charge is 0.756 e. The van der Waals surface area contributed by atoms with Crippen LogP contribution in [0.15, 0.2) is 17.1 Å². The third-order valence-electron chi connectivity index (χ3n) is 3.27. The van der Waals surface area contributed by atoms with Crippen LogP contribution >= 0.6 is 23.5 Å². The van der Waals surface area contributed by atoms with E-state index in [9.17, 15) is 38.5 Å². The average Bonchev–Trinajstić information content (AvgIpc) is 2.78. The van der Waals surface area contributed by atoms with Crippen molar-refractivity contribution in [2.75, 3.05) is 12.3 Å². The van der Waals surface area contributed by atoms with E-state index >= 15 is 0 Å². The molecule has 7 atom stereocenters. The maximum Gasteiger partial charge on any atom is 0.485 e. The van der Waals surface area contributed by atoms with Gasteiger partial charge >= 0.3 is 13.5 Å². The van der Waals surface area contributed by atoms with E-state index in [-0.39, 0.29) is 5.82 Å². The molecule has 2 rings (SSSR count). The van der Waals surface area contributed by atoms with E-state index in [0.29, 0.717) is 0 Å². The zero-order chi connectivity index (χ0) is 22.2. The van der Waals surface area contributed by atoms with E-state index in [1.165, 1.54) is 6.07 Å². The number of aliphatic hydroxyl groups excluding tert-OH is 2. The smallest absolute Gasteiger partial charge is 0.485 e. The van der Waals surface area contributed by atoms with E-state index in [0.717, 1.165) is 10.8 Å². The Hall–Kier alpha value is -1.03. The monoisotopic (exact) mass is 481 g/mol. The third-order valence-corrected chi connectivity index (χ3v) is 7.01. The SMILES string of the molecule is Nc1ccn(C2OC(COP(=O)([O-])OP(=O)(O)OP(=O)([O-])O)C(O)C2O)c(=O)n1. The van der Waals surface area contributed by atoms with Crippen LogP contribution in [0.3, 0.4) is 0 Å². The van der Waals surface area contributed by atoms with Crippen LogP contribution in [0.2, 0.25) is 0 Å².